The summed E-state index contributed by atoms with van der Waals surface area (Å²) < 4.78 is 0. The first kappa shape index (κ1) is 9.31. The van der Waals surface area contributed by atoms with Crippen molar-refractivity contribution in [3.63, 3.8) is 0 Å². The summed E-state index contributed by atoms with van der Waals surface area (Å²) in [7, 11) is 0. The van der Waals surface area contributed by atoms with Crippen LogP contribution in [0, 0.1) is 17.8 Å². The second-order valence-electron chi connectivity index (χ2n) is 2.16. The van der Waals surface area contributed by atoms with Crippen LogP contribution >= 0.6 is 0 Å². The highest BCUT2D eigenvalue weighted by Crippen LogP contribution is 1.92. The van der Waals surface area contributed by atoms with Gasteiger partial charge in [0.2, 0.25) is 0 Å². The van der Waals surface area contributed by atoms with Crippen molar-refractivity contribution < 1.29 is 9.78 Å². The first-order valence-corrected chi connectivity index (χ1v) is 3.40. The zero-order valence-electron chi connectivity index (χ0n) is 6.70. The van der Waals surface area contributed by atoms with Crippen molar-refractivity contribution in [2.24, 2.45) is 10.9 Å². The quantitative estimate of drug-likeness (QED) is 0.137. The lowest BCUT2D eigenvalue weighted by Gasteiger charge is -2.04. The molecule has 5 N–H and O–H groups in total. The SMILES string of the molecule is C#CCO/N=C(\N)C1NONC1=N. The molecule has 0 aromatic heterocycles. The van der Waals surface area contributed by atoms with Gasteiger partial charge < -0.3 is 10.6 Å². The second-order valence-corrected chi connectivity index (χ2v) is 2.16. The number of rotatable bonds is 3. The third kappa shape index (κ3) is 2.33. The molecular weight excluding hydrogens is 174 g/mol. The molecule has 1 rings (SSSR count). The molecule has 0 amide bonds. The summed E-state index contributed by atoms with van der Waals surface area (Å²) in [5, 5.41) is 10.7. The number of hydrogen-bond acceptors (Lipinski definition) is 5. The van der Waals surface area contributed by atoms with Gasteiger partial charge in [0, 0.05) is 0 Å². The summed E-state index contributed by atoms with van der Waals surface area (Å²) in [6.45, 7) is 0.0367. The van der Waals surface area contributed by atoms with Gasteiger partial charge in [-0.1, -0.05) is 11.1 Å². The monoisotopic (exact) mass is 183 g/mol. The fraction of sp³-hybridized carbons (Fsp3) is 0.333. The van der Waals surface area contributed by atoms with E-state index in [9.17, 15) is 0 Å². The summed E-state index contributed by atoms with van der Waals surface area (Å²) in [6, 6.07) is -0.613. The number of terminal acetylenes is 1. The van der Waals surface area contributed by atoms with E-state index in [0.717, 1.165) is 0 Å². The molecule has 1 unspecified atom stereocenters. The third-order valence-corrected chi connectivity index (χ3v) is 1.24. The van der Waals surface area contributed by atoms with Gasteiger partial charge in [-0.3, -0.25) is 5.41 Å². The highest BCUT2D eigenvalue weighted by atomic mass is 16.8. The van der Waals surface area contributed by atoms with Crippen LogP contribution in [-0.2, 0) is 9.78 Å². The Bertz CT molecular complexity index is 269. The zero-order valence-corrected chi connectivity index (χ0v) is 6.70. The van der Waals surface area contributed by atoms with E-state index in [1.54, 1.807) is 0 Å². The number of nitrogens with zero attached hydrogens (tertiary/aromatic N) is 1. The molecule has 1 heterocycles. The third-order valence-electron chi connectivity index (χ3n) is 1.24. The summed E-state index contributed by atoms with van der Waals surface area (Å²) in [4.78, 5) is 9.13. The molecule has 0 aromatic rings. The number of nitrogens with one attached hydrogen (secondary N) is 3. The number of amidine groups is 2. The Hall–Kier alpha value is -1.78. The van der Waals surface area contributed by atoms with E-state index < -0.39 is 6.04 Å². The van der Waals surface area contributed by atoms with Crippen molar-refractivity contribution in [2.75, 3.05) is 6.61 Å². The van der Waals surface area contributed by atoms with E-state index >= 15 is 0 Å². The molecule has 1 saturated heterocycles. The molecular formula is C6H9N5O2. The highest BCUT2D eigenvalue weighted by Gasteiger charge is 2.25. The summed E-state index contributed by atoms with van der Waals surface area (Å²) in [5.74, 6) is 2.35. The normalized spacial score (nSPS) is 22.2. The van der Waals surface area contributed by atoms with Gasteiger partial charge in [0.25, 0.3) is 0 Å². The number of oxime groups is 1. The molecule has 0 aliphatic carbocycles. The topological polar surface area (TPSA) is 105 Å². The lowest BCUT2D eigenvalue weighted by atomic mass is 10.3. The Morgan fingerprint density at radius 2 is 2.69 bits per heavy atom. The Morgan fingerprint density at radius 1 is 1.92 bits per heavy atom. The first-order valence-electron chi connectivity index (χ1n) is 3.40. The molecule has 13 heavy (non-hydrogen) atoms. The van der Waals surface area contributed by atoms with Crippen LogP contribution in [0.25, 0.3) is 0 Å². The maximum absolute atomic E-state index is 7.26. The van der Waals surface area contributed by atoms with Gasteiger partial charge in [-0.05, 0) is 0 Å². The van der Waals surface area contributed by atoms with Crippen molar-refractivity contribution in [3.8, 4) is 12.3 Å². The van der Waals surface area contributed by atoms with Crippen molar-refractivity contribution in [1.82, 2.24) is 11.0 Å². The standard InChI is InChI=1S/C6H9N5O2/c1-2-3-12-10-5(7)4-6(8)11-13-9-4/h1,4,9H,3H2,(H2,7,10)(H2,8,11). The van der Waals surface area contributed by atoms with Crippen LogP contribution in [-0.4, -0.2) is 24.3 Å². The number of hydroxylamine groups is 2. The molecule has 1 aliphatic rings. The minimum absolute atomic E-state index is 0.0367. The molecule has 1 aliphatic heterocycles. The van der Waals surface area contributed by atoms with Gasteiger partial charge in [-0.25, -0.2) is 5.48 Å². The molecule has 0 aromatic carbocycles. The van der Waals surface area contributed by atoms with E-state index in [0.29, 0.717) is 0 Å². The maximum Gasteiger partial charge on any atom is 0.177 e. The lowest BCUT2D eigenvalue weighted by Crippen LogP contribution is -2.41. The van der Waals surface area contributed by atoms with Crippen molar-refractivity contribution in [3.05, 3.63) is 0 Å². The zero-order chi connectivity index (χ0) is 9.68. The predicted molar refractivity (Wildman–Crippen MR) is 45.3 cm³/mol. The smallest absolute Gasteiger partial charge is 0.177 e. The first-order chi connectivity index (χ1) is 6.25. The lowest BCUT2D eigenvalue weighted by molar-refractivity contribution is 0.0289. The largest absolute Gasteiger partial charge is 0.383 e. The van der Waals surface area contributed by atoms with Crippen molar-refractivity contribution in [2.45, 2.75) is 6.04 Å². The number of nitrogens with two attached hydrogens (primary N) is 1. The average molecular weight is 183 g/mol. The maximum atomic E-state index is 7.26. The van der Waals surface area contributed by atoms with Crippen LogP contribution in [0.5, 0.6) is 0 Å². The van der Waals surface area contributed by atoms with Crippen LogP contribution in [0.2, 0.25) is 0 Å². The van der Waals surface area contributed by atoms with Gasteiger partial charge in [-0.15, -0.1) is 6.42 Å². The number of hydrogen-bond donors (Lipinski definition) is 4. The van der Waals surface area contributed by atoms with Gasteiger partial charge in [0.1, 0.15) is 5.84 Å². The van der Waals surface area contributed by atoms with Crippen molar-refractivity contribution >= 4 is 11.7 Å². The second kappa shape index (κ2) is 4.30. The van der Waals surface area contributed by atoms with E-state index in [1.807, 2.05) is 0 Å². The fourth-order valence-electron chi connectivity index (χ4n) is 0.666. The van der Waals surface area contributed by atoms with Crippen LogP contribution < -0.4 is 16.7 Å². The molecule has 1 atom stereocenters. The van der Waals surface area contributed by atoms with Crippen LogP contribution in [0.15, 0.2) is 5.16 Å². The molecule has 0 spiro atoms. The molecule has 1 fully saturated rings. The fourth-order valence-corrected chi connectivity index (χ4v) is 0.666. The Kier molecular flexibility index (Phi) is 3.08. The van der Waals surface area contributed by atoms with Crippen LogP contribution in [0.1, 0.15) is 0 Å². The molecule has 0 radical (unpaired) electrons. The summed E-state index contributed by atoms with van der Waals surface area (Å²) in [5.41, 5.74) is 10.1. The van der Waals surface area contributed by atoms with Crippen LogP contribution in [0.3, 0.4) is 0 Å². The Morgan fingerprint density at radius 3 is 3.23 bits per heavy atom. The minimum atomic E-state index is -0.613. The molecule has 7 nitrogen and oxygen atoms in total. The van der Waals surface area contributed by atoms with Gasteiger partial charge in [-0.2, -0.15) is 10.4 Å². The van der Waals surface area contributed by atoms with E-state index in [2.05, 4.69) is 31.8 Å². The Labute approximate surface area is 74.7 Å². The highest BCUT2D eigenvalue weighted by molar-refractivity contribution is 6.07. The van der Waals surface area contributed by atoms with E-state index in [1.165, 1.54) is 0 Å². The minimum Gasteiger partial charge on any atom is -0.383 e. The van der Waals surface area contributed by atoms with Gasteiger partial charge in [0.15, 0.2) is 18.5 Å². The summed E-state index contributed by atoms with van der Waals surface area (Å²) in [6.07, 6.45) is 4.92. The average Bonchev–Trinajstić information content (AvgIpc) is 2.52. The van der Waals surface area contributed by atoms with Crippen molar-refractivity contribution in [1.29, 1.82) is 5.41 Å². The Balaban J connectivity index is 2.46. The van der Waals surface area contributed by atoms with Gasteiger partial charge in [0.05, 0.1) is 0 Å². The van der Waals surface area contributed by atoms with Gasteiger partial charge >= 0.3 is 0 Å². The van der Waals surface area contributed by atoms with E-state index in [-0.39, 0.29) is 18.3 Å². The molecule has 7 heteroatoms. The molecule has 0 bridgehead atoms. The van der Waals surface area contributed by atoms with Crippen LogP contribution in [0.4, 0.5) is 0 Å². The molecule has 0 saturated carbocycles. The summed E-state index contributed by atoms with van der Waals surface area (Å²) >= 11 is 0. The predicted octanol–water partition coefficient (Wildman–Crippen LogP) is -1.71. The van der Waals surface area contributed by atoms with E-state index in [4.69, 9.17) is 17.6 Å². The molecule has 70 valence electrons.